The van der Waals surface area contributed by atoms with Crippen molar-refractivity contribution >= 4 is 0 Å². The summed E-state index contributed by atoms with van der Waals surface area (Å²) in [4.78, 5) is 5.47. The van der Waals surface area contributed by atoms with Crippen LogP contribution in [-0.2, 0) is 0 Å². The third-order valence-corrected chi connectivity index (χ3v) is 5.09. The van der Waals surface area contributed by atoms with E-state index in [2.05, 4.69) is 29.0 Å². The molecule has 124 valence electrons. The first kappa shape index (κ1) is 17.2. The largest absolute Gasteiger partial charge is 0.316 e. The Morgan fingerprint density at radius 2 is 1.67 bits per heavy atom. The standard InChI is InChI=1S/C18H37N3/c1-17(2)16-19-10-4-7-11-20-14-8-18(9-15-20)21-12-5-3-6-13-21/h17-19H,3-16H2,1-2H3. The summed E-state index contributed by atoms with van der Waals surface area (Å²) >= 11 is 0. The van der Waals surface area contributed by atoms with Gasteiger partial charge in [-0.3, -0.25) is 0 Å². The van der Waals surface area contributed by atoms with E-state index >= 15 is 0 Å². The molecule has 2 saturated heterocycles. The minimum Gasteiger partial charge on any atom is -0.316 e. The Balaban J connectivity index is 1.49. The number of hydrogen-bond donors (Lipinski definition) is 1. The summed E-state index contributed by atoms with van der Waals surface area (Å²) in [5.74, 6) is 0.777. The monoisotopic (exact) mass is 295 g/mol. The van der Waals surface area contributed by atoms with Crippen LogP contribution in [-0.4, -0.2) is 61.7 Å². The second kappa shape index (κ2) is 9.81. The van der Waals surface area contributed by atoms with Crippen molar-refractivity contribution in [1.29, 1.82) is 0 Å². The Morgan fingerprint density at radius 1 is 0.952 bits per heavy atom. The summed E-state index contributed by atoms with van der Waals surface area (Å²) in [5, 5.41) is 3.55. The molecule has 0 amide bonds. The summed E-state index contributed by atoms with van der Waals surface area (Å²) < 4.78 is 0. The summed E-state index contributed by atoms with van der Waals surface area (Å²) in [6, 6.07) is 0.897. The maximum absolute atomic E-state index is 3.55. The van der Waals surface area contributed by atoms with Crippen LogP contribution < -0.4 is 5.32 Å². The van der Waals surface area contributed by atoms with Gasteiger partial charge in [0.15, 0.2) is 0 Å². The molecule has 0 radical (unpaired) electrons. The van der Waals surface area contributed by atoms with Crippen LogP contribution in [0.3, 0.4) is 0 Å². The van der Waals surface area contributed by atoms with Crippen LogP contribution >= 0.6 is 0 Å². The number of rotatable bonds is 8. The molecule has 0 aromatic rings. The maximum Gasteiger partial charge on any atom is 0.0120 e. The van der Waals surface area contributed by atoms with E-state index in [4.69, 9.17) is 0 Å². The van der Waals surface area contributed by atoms with Crippen molar-refractivity contribution in [3.8, 4) is 0 Å². The number of piperidine rings is 2. The molecule has 0 spiro atoms. The summed E-state index contributed by atoms with van der Waals surface area (Å²) in [6.07, 6.45) is 9.84. The van der Waals surface area contributed by atoms with Crippen molar-refractivity contribution in [2.75, 3.05) is 45.8 Å². The molecule has 0 aromatic carbocycles. The SMILES string of the molecule is CC(C)CNCCCCN1CCC(N2CCCCC2)CC1. The summed E-state index contributed by atoms with van der Waals surface area (Å²) in [7, 11) is 0. The maximum atomic E-state index is 3.55. The molecule has 2 heterocycles. The van der Waals surface area contributed by atoms with Crippen LogP contribution in [0, 0.1) is 5.92 Å². The zero-order valence-corrected chi connectivity index (χ0v) is 14.4. The highest BCUT2D eigenvalue weighted by Gasteiger charge is 2.24. The van der Waals surface area contributed by atoms with Crippen LogP contribution in [0.15, 0.2) is 0 Å². The van der Waals surface area contributed by atoms with Crippen LogP contribution in [0.5, 0.6) is 0 Å². The van der Waals surface area contributed by atoms with Gasteiger partial charge in [0, 0.05) is 6.04 Å². The van der Waals surface area contributed by atoms with Crippen LogP contribution in [0.4, 0.5) is 0 Å². The van der Waals surface area contributed by atoms with E-state index in [0.717, 1.165) is 12.0 Å². The minimum absolute atomic E-state index is 0.777. The molecule has 1 N–H and O–H groups in total. The van der Waals surface area contributed by atoms with Crippen LogP contribution in [0.1, 0.15) is 58.8 Å². The molecule has 0 saturated carbocycles. The smallest absolute Gasteiger partial charge is 0.0120 e. The van der Waals surface area contributed by atoms with Gasteiger partial charge in [0.1, 0.15) is 0 Å². The van der Waals surface area contributed by atoms with E-state index in [1.165, 1.54) is 90.8 Å². The lowest BCUT2D eigenvalue weighted by Gasteiger charge is -2.40. The van der Waals surface area contributed by atoms with Gasteiger partial charge in [0.05, 0.1) is 0 Å². The number of likely N-dealkylation sites (tertiary alicyclic amines) is 2. The fourth-order valence-corrected chi connectivity index (χ4v) is 3.77. The quantitative estimate of drug-likeness (QED) is 0.695. The highest BCUT2D eigenvalue weighted by molar-refractivity contribution is 4.81. The predicted molar refractivity (Wildman–Crippen MR) is 91.8 cm³/mol. The molecule has 3 nitrogen and oxygen atoms in total. The molecule has 0 aromatic heterocycles. The first-order valence-corrected chi connectivity index (χ1v) is 9.43. The highest BCUT2D eigenvalue weighted by atomic mass is 15.2. The molecule has 2 aliphatic heterocycles. The number of nitrogens with zero attached hydrogens (tertiary/aromatic N) is 2. The van der Waals surface area contributed by atoms with E-state index < -0.39 is 0 Å². The molecule has 2 fully saturated rings. The Kier molecular flexibility index (Phi) is 8.05. The Labute approximate surface area is 132 Å². The van der Waals surface area contributed by atoms with Crippen molar-refractivity contribution in [2.24, 2.45) is 5.92 Å². The van der Waals surface area contributed by atoms with Gasteiger partial charge in [-0.2, -0.15) is 0 Å². The van der Waals surface area contributed by atoms with Gasteiger partial charge >= 0.3 is 0 Å². The van der Waals surface area contributed by atoms with Gasteiger partial charge < -0.3 is 15.1 Å². The van der Waals surface area contributed by atoms with Gasteiger partial charge in [0.25, 0.3) is 0 Å². The first-order valence-electron chi connectivity index (χ1n) is 9.43. The Morgan fingerprint density at radius 3 is 2.33 bits per heavy atom. The fourth-order valence-electron chi connectivity index (χ4n) is 3.77. The second-order valence-electron chi connectivity index (χ2n) is 7.47. The van der Waals surface area contributed by atoms with Crippen molar-refractivity contribution in [3.63, 3.8) is 0 Å². The molecular weight excluding hydrogens is 258 g/mol. The lowest BCUT2D eigenvalue weighted by Crippen LogP contribution is -2.46. The van der Waals surface area contributed by atoms with E-state index in [-0.39, 0.29) is 0 Å². The highest BCUT2D eigenvalue weighted by Crippen LogP contribution is 2.20. The number of hydrogen-bond acceptors (Lipinski definition) is 3. The topological polar surface area (TPSA) is 18.5 Å². The van der Waals surface area contributed by atoms with Crippen molar-refractivity contribution in [1.82, 2.24) is 15.1 Å². The molecular formula is C18H37N3. The zero-order valence-electron chi connectivity index (χ0n) is 14.4. The average molecular weight is 296 g/mol. The van der Waals surface area contributed by atoms with Crippen LogP contribution in [0.2, 0.25) is 0 Å². The molecule has 0 aliphatic carbocycles. The van der Waals surface area contributed by atoms with E-state index in [9.17, 15) is 0 Å². The molecule has 2 rings (SSSR count). The lowest BCUT2D eigenvalue weighted by atomic mass is 10.00. The van der Waals surface area contributed by atoms with Gasteiger partial charge in [-0.1, -0.05) is 20.3 Å². The van der Waals surface area contributed by atoms with Gasteiger partial charge in [0.2, 0.25) is 0 Å². The molecule has 0 unspecified atom stereocenters. The molecule has 0 atom stereocenters. The fraction of sp³-hybridized carbons (Fsp3) is 1.00. The zero-order chi connectivity index (χ0) is 14.9. The van der Waals surface area contributed by atoms with E-state index in [1.807, 2.05) is 0 Å². The number of unbranched alkanes of at least 4 members (excludes halogenated alkanes) is 1. The van der Waals surface area contributed by atoms with Crippen molar-refractivity contribution < 1.29 is 0 Å². The van der Waals surface area contributed by atoms with Gasteiger partial charge in [-0.25, -0.2) is 0 Å². The first-order chi connectivity index (χ1) is 10.3. The van der Waals surface area contributed by atoms with Crippen LogP contribution in [0.25, 0.3) is 0 Å². The second-order valence-corrected chi connectivity index (χ2v) is 7.47. The third kappa shape index (κ3) is 6.66. The normalized spacial score (nSPS) is 23.0. The third-order valence-electron chi connectivity index (χ3n) is 5.09. The lowest BCUT2D eigenvalue weighted by molar-refractivity contribution is 0.0919. The van der Waals surface area contributed by atoms with E-state index in [0.29, 0.717) is 0 Å². The molecule has 0 bridgehead atoms. The molecule has 21 heavy (non-hydrogen) atoms. The minimum atomic E-state index is 0.777. The summed E-state index contributed by atoms with van der Waals surface area (Å²) in [5.41, 5.74) is 0. The Hall–Kier alpha value is -0.120. The Bertz CT molecular complexity index is 253. The average Bonchev–Trinajstić information content (AvgIpc) is 2.52. The van der Waals surface area contributed by atoms with Gasteiger partial charge in [-0.15, -0.1) is 0 Å². The summed E-state index contributed by atoms with van der Waals surface area (Å²) in [6.45, 7) is 13.6. The van der Waals surface area contributed by atoms with Crippen molar-refractivity contribution in [2.45, 2.75) is 64.8 Å². The molecule has 3 heteroatoms. The van der Waals surface area contributed by atoms with E-state index in [1.54, 1.807) is 0 Å². The predicted octanol–water partition coefficient (Wildman–Crippen LogP) is 2.96. The van der Waals surface area contributed by atoms with Crippen molar-refractivity contribution in [3.05, 3.63) is 0 Å². The van der Waals surface area contributed by atoms with Gasteiger partial charge in [-0.05, 0) is 90.3 Å². The number of nitrogens with one attached hydrogen (secondary N) is 1. The molecule has 2 aliphatic rings.